The molecule has 108 valence electrons. The standard InChI is InChI=1S/C13H22BrN3O2/c1-5-13(19,6-2)12(18)11-10(14)9-15-17(11)8-7-16(3)4/h9,19H,5-8H2,1-4H3. The number of hydrogen-bond acceptors (Lipinski definition) is 4. The smallest absolute Gasteiger partial charge is 0.213 e. The van der Waals surface area contributed by atoms with Gasteiger partial charge >= 0.3 is 0 Å². The predicted octanol–water partition coefficient (Wildman–Crippen LogP) is 1.94. The van der Waals surface area contributed by atoms with Gasteiger partial charge in [0.1, 0.15) is 11.3 Å². The van der Waals surface area contributed by atoms with Crippen LogP contribution in [0.1, 0.15) is 37.2 Å². The third-order valence-electron chi connectivity index (χ3n) is 3.36. The summed E-state index contributed by atoms with van der Waals surface area (Å²) in [6.07, 6.45) is 2.40. The number of aliphatic hydroxyl groups is 1. The summed E-state index contributed by atoms with van der Waals surface area (Å²) >= 11 is 3.35. The van der Waals surface area contributed by atoms with Crippen LogP contribution in [0.25, 0.3) is 0 Å². The Morgan fingerprint density at radius 2 is 2.05 bits per heavy atom. The van der Waals surface area contributed by atoms with Gasteiger partial charge in [0.15, 0.2) is 0 Å². The minimum absolute atomic E-state index is 0.263. The lowest BCUT2D eigenvalue weighted by molar-refractivity contribution is 0.0265. The molecule has 0 aliphatic rings. The van der Waals surface area contributed by atoms with Crippen molar-refractivity contribution in [3.05, 3.63) is 16.4 Å². The molecule has 0 atom stereocenters. The van der Waals surface area contributed by atoms with Gasteiger partial charge in [0.05, 0.1) is 17.2 Å². The summed E-state index contributed by atoms with van der Waals surface area (Å²) in [6, 6.07) is 0. The van der Waals surface area contributed by atoms with Crippen LogP contribution in [0.15, 0.2) is 10.7 Å². The SMILES string of the molecule is CCC(O)(CC)C(=O)c1c(Br)cnn1CCN(C)C. The molecular weight excluding hydrogens is 310 g/mol. The lowest BCUT2D eigenvalue weighted by Gasteiger charge is -2.24. The molecule has 5 nitrogen and oxygen atoms in total. The Hall–Kier alpha value is -0.720. The lowest BCUT2D eigenvalue weighted by atomic mass is 9.90. The molecule has 1 N–H and O–H groups in total. The normalized spacial score (nSPS) is 12.2. The quantitative estimate of drug-likeness (QED) is 0.776. The third-order valence-corrected chi connectivity index (χ3v) is 3.94. The van der Waals surface area contributed by atoms with Crippen LogP contribution in [-0.2, 0) is 6.54 Å². The Labute approximate surface area is 122 Å². The second kappa shape index (κ2) is 6.63. The highest BCUT2D eigenvalue weighted by atomic mass is 79.9. The van der Waals surface area contributed by atoms with Crippen molar-refractivity contribution in [3.8, 4) is 0 Å². The number of hydrogen-bond donors (Lipinski definition) is 1. The number of carbonyl (C=O) groups is 1. The molecule has 1 heterocycles. The molecule has 0 unspecified atom stereocenters. The van der Waals surface area contributed by atoms with Crippen LogP contribution >= 0.6 is 15.9 Å². The van der Waals surface area contributed by atoms with Crippen molar-refractivity contribution in [2.45, 2.75) is 38.8 Å². The maximum Gasteiger partial charge on any atom is 0.213 e. The summed E-state index contributed by atoms with van der Waals surface area (Å²) in [5.74, 6) is -0.263. The summed E-state index contributed by atoms with van der Waals surface area (Å²) < 4.78 is 2.29. The van der Waals surface area contributed by atoms with E-state index in [2.05, 4.69) is 21.0 Å². The van der Waals surface area contributed by atoms with Crippen molar-refractivity contribution >= 4 is 21.7 Å². The molecule has 6 heteroatoms. The van der Waals surface area contributed by atoms with E-state index < -0.39 is 5.60 Å². The molecule has 0 radical (unpaired) electrons. The summed E-state index contributed by atoms with van der Waals surface area (Å²) in [4.78, 5) is 14.5. The van der Waals surface area contributed by atoms with E-state index in [4.69, 9.17) is 0 Å². The van der Waals surface area contributed by atoms with E-state index in [1.807, 2.05) is 32.8 Å². The number of aromatic nitrogens is 2. The van der Waals surface area contributed by atoms with E-state index in [-0.39, 0.29) is 5.78 Å². The van der Waals surface area contributed by atoms with Gasteiger partial charge in [-0.1, -0.05) is 13.8 Å². The minimum Gasteiger partial charge on any atom is -0.382 e. The van der Waals surface area contributed by atoms with Crippen LogP contribution in [0.5, 0.6) is 0 Å². The molecule has 1 aromatic heterocycles. The van der Waals surface area contributed by atoms with Crippen molar-refractivity contribution in [2.24, 2.45) is 0 Å². The molecule has 0 fully saturated rings. The highest BCUT2D eigenvalue weighted by Gasteiger charge is 2.36. The van der Waals surface area contributed by atoms with Crippen molar-refractivity contribution < 1.29 is 9.90 Å². The van der Waals surface area contributed by atoms with E-state index in [9.17, 15) is 9.90 Å². The second-order valence-electron chi connectivity index (χ2n) is 4.94. The van der Waals surface area contributed by atoms with Crippen molar-refractivity contribution in [1.82, 2.24) is 14.7 Å². The first-order valence-electron chi connectivity index (χ1n) is 6.49. The van der Waals surface area contributed by atoms with Crippen LogP contribution in [0.4, 0.5) is 0 Å². The van der Waals surface area contributed by atoms with Crippen LogP contribution in [0.3, 0.4) is 0 Å². The summed E-state index contributed by atoms with van der Waals surface area (Å²) in [5, 5.41) is 14.6. The highest BCUT2D eigenvalue weighted by molar-refractivity contribution is 9.10. The van der Waals surface area contributed by atoms with Gasteiger partial charge in [-0.15, -0.1) is 0 Å². The van der Waals surface area contributed by atoms with Crippen LogP contribution in [-0.4, -0.2) is 51.8 Å². The van der Waals surface area contributed by atoms with Crippen molar-refractivity contribution in [1.29, 1.82) is 0 Å². The van der Waals surface area contributed by atoms with Gasteiger partial charge in [0.2, 0.25) is 5.78 Å². The molecule has 1 aromatic rings. The van der Waals surface area contributed by atoms with Crippen LogP contribution in [0, 0.1) is 0 Å². The van der Waals surface area contributed by atoms with Gasteiger partial charge in [-0.25, -0.2) is 0 Å². The number of carbonyl (C=O) groups excluding carboxylic acids is 1. The molecular formula is C13H22BrN3O2. The first-order valence-corrected chi connectivity index (χ1v) is 7.28. The Morgan fingerprint density at radius 3 is 2.53 bits per heavy atom. The molecule has 1 rings (SSSR count). The molecule has 19 heavy (non-hydrogen) atoms. The minimum atomic E-state index is -1.31. The van der Waals surface area contributed by atoms with Gasteiger partial charge in [0, 0.05) is 6.54 Å². The highest BCUT2D eigenvalue weighted by Crippen LogP contribution is 2.26. The molecule has 0 aliphatic carbocycles. The number of rotatable bonds is 7. The van der Waals surface area contributed by atoms with E-state index in [1.54, 1.807) is 10.9 Å². The van der Waals surface area contributed by atoms with Crippen LogP contribution < -0.4 is 0 Å². The second-order valence-corrected chi connectivity index (χ2v) is 5.79. The zero-order valence-electron chi connectivity index (χ0n) is 12.0. The van der Waals surface area contributed by atoms with E-state index in [1.165, 1.54) is 0 Å². The Bertz CT molecular complexity index is 439. The largest absolute Gasteiger partial charge is 0.382 e. The predicted molar refractivity (Wildman–Crippen MR) is 78.3 cm³/mol. The monoisotopic (exact) mass is 331 g/mol. The fourth-order valence-corrected chi connectivity index (χ4v) is 2.32. The molecule has 0 saturated carbocycles. The number of nitrogens with zero attached hydrogens (tertiary/aromatic N) is 3. The first kappa shape index (κ1) is 16.3. The van der Waals surface area contributed by atoms with Gasteiger partial charge < -0.3 is 10.0 Å². The summed E-state index contributed by atoms with van der Waals surface area (Å²) in [7, 11) is 3.93. The fourth-order valence-electron chi connectivity index (χ4n) is 1.84. The number of Topliss-reactive ketones (excluding diaryl/α,β-unsaturated/α-hetero) is 1. The van der Waals surface area contributed by atoms with Gasteiger partial charge in [-0.3, -0.25) is 9.48 Å². The van der Waals surface area contributed by atoms with Crippen molar-refractivity contribution in [2.75, 3.05) is 20.6 Å². The van der Waals surface area contributed by atoms with Crippen molar-refractivity contribution in [3.63, 3.8) is 0 Å². The lowest BCUT2D eigenvalue weighted by Crippen LogP contribution is -2.39. The third kappa shape index (κ3) is 3.64. The van der Waals surface area contributed by atoms with Gasteiger partial charge in [-0.05, 0) is 42.9 Å². The number of halogens is 1. The van der Waals surface area contributed by atoms with Gasteiger partial charge in [-0.2, -0.15) is 5.10 Å². The Morgan fingerprint density at radius 1 is 1.47 bits per heavy atom. The molecule has 0 aromatic carbocycles. The maximum absolute atomic E-state index is 12.5. The average Bonchev–Trinajstić information content (AvgIpc) is 2.75. The number of likely N-dealkylation sites (N-methyl/N-ethyl adjacent to an activating group) is 1. The topological polar surface area (TPSA) is 58.4 Å². The van der Waals surface area contributed by atoms with E-state index >= 15 is 0 Å². The fraction of sp³-hybridized carbons (Fsp3) is 0.692. The van der Waals surface area contributed by atoms with Gasteiger partial charge in [0.25, 0.3) is 0 Å². The summed E-state index contributed by atoms with van der Waals surface area (Å²) in [5.41, 5.74) is -0.855. The summed E-state index contributed by atoms with van der Waals surface area (Å²) in [6.45, 7) is 5.03. The Kier molecular flexibility index (Phi) is 5.70. The zero-order chi connectivity index (χ0) is 14.6. The molecule has 0 spiro atoms. The molecule has 0 aliphatic heterocycles. The zero-order valence-corrected chi connectivity index (χ0v) is 13.6. The maximum atomic E-state index is 12.5. The average molecular weight is 332 g/mol. The van der Waals surface area contributed by atoms with E-state index in [0.717, 1.165) is 6.54 Å². The van der Waals surface area contributed by atoms with E-state index in [0.29, 0.717) is 29.6 Å². The molecule has 0 bridgehead atoms. The Balaban J connectivity index is 3.05. The first-order chi connectivity index (χ1) is 8.85. The molecule has 0 amide bonds. The molecule has 0 saturated heterocycles. The van der Waals surface area contributed by atoms with Crippen LogP contribution in [0.2, 0.25) is 0 Å². The number of ketones is 1.